The van der Waals surface area contributed by atoms with Crippen molar-refractivity contribution < 1.29 is 23.9 Å². The Kier molecular flexibility index (Phi) is 5.07. The second-order valence-electron chi connectivity index (χ2n) is 5.96. The monoisotopic (exact) mass is 369 g/mol. The molecule has 0 aliphatic heterocycles. The van der Waals surface area contributed by atoms with E-state index in [1.165, 1.54) is 0 Å². The number of aromatic nitrogens is 3. The molecule has 27 heavy (non-hydrogen) atoms. The highest BCUT2D eigenvalue weighted by atomic mass is 16.5. The van der Waals surface area contributed by atoms with Crippen molar-refractivity contribution in [2.24, 2.45) is 0 Å². The van der Waals surface area contributed by atoms with Crippen molar-refractivity contribution in [1.29, 1.82) is 0 Å². The molecule has 0 spiro atoms. The van der Waals surface area contributed by atoms with Gasteiger partial charge >= 0.3 is 11.9 Å². The lowest BCUT2D eigenvalue weighted by Gasteiger charge is -2.04. The minimum atomic E-state index is -0.702. The number of carbonyl (C=O) groups is 3. The number of hydrogen-bond acceptors (Lipinski definition) is 6. The SMILES string of the molecule is CCOC(=O)c1c(C)[nH]c(C(=O)COC(=O)c2n[nH]c3ccccc23)c1C. The van der Waals surface area contributed by atoms with E-state index in [2.05, 4.69) is 15.2 Å². The van der Waals surface area contributed by atoms with Crippen LogP contribution in [-0.4, -0.2) is 46.1 Å². The van der Waals surface area contributed by atoms with Gasteiger partial charge < -0.3 is 14.5 Å². The van der Waals surface area contributed by atoms with Crippen LogP contribution in [0.2, 0.25) is 0 Å². The molecule has 0 amide bonds. The summed E-state index contributed by atoms with van der Waals surface area (Å²) in [5.74, 6) is -1.64. The van der Waals surface area contributed by atoms with Gasteiger partial charge in [-0.25, -0.2) is 9.59 Å². The standard InChI is InChI=1S/C19H19N3O5/c1-4-26-18(24)15-10(2)16(20-11(15)3)14(23)9-27-19(25)17-12-7-5-6-8-13(12)21-22-17/h5-8,20H,4,9H2,1-3H3,(H,21,22). The van der Waals surface area contributed by atoms with Gasteiger partial charge in [-0.1, -0.05) is 18.2 Å². The van der Waals surface area contributed by atoms with Crippen LogP contribution in [0.5, 0.6) is 0 Å². The van der Waals surface area contributed by atoms with Gasteiger partial charge in [0, 0.05) is 11.1 Å². The molecule has 8 heteroatoms. The molecule has 0 aliphatic rings. The summed E-state index contributed by atoms with van der Waals surface area (Å²) in [5.41, 5.74) is 2.35. The lowest BCUT2D eigenvalue weighted by atomic mass is 10.1. The summed E-state index contributed by atoms with van der Waals surface area (Å²) < 4.78 is 10.1. The molecule has 0 atom stereocenters. The summed E-state index contributed by atoms with van der Waals surface area (Å²) in [6.45, 7) is 4.80. The van der Waals surface area contributed by atoms with E-state index in [4.69, 9.17) is 9.47 Å². The van der Waals surface area contributed by atoms with Crippen LogP contribution < -0.4 is 0 Å². The summed E-state index contributed by atoms with van der Waals surface area (Å²) in [7, 11) is 0. The number of fused-ring (bicyclic) bond motifs is 1. The first kappa shape index (κ1) is 18.4. The van der Waals surface area contributed by atoms with Crippen LogP contribution in [0.15, 0.2) is 24.3 Å². The van der Waals surface area contributed by atoms with Crippen LogP contribution >= 0.6 is 0 Å². The number of ether oxygens (including phenoxy) is 2. The summed E-state index contributed by atoms with van der Waals surface area (Å²) in [5, 5.41) is 7.30. The van der Waals surface area contributed by atoms with Gasteiger partial charge in [-0.3, -0.25) is 9.89 Å². The second-order valence-corrected chi connectivity index (χ2v) is 5.96. The zero-order chi connectivity index (χ0) is 19.6. The molecule has 3 rings (SSSR count). The van der Waals surface area contributed by atoms with E-state index < -0.39 is 24.3 Å². The number of esters is 2. The summed E-state index contributed by atoms with van der Waals surface area (Å²) >= 11 is 0. The molecule has 8 nitrogen and oxygen atoms in total. The van der Waals surface area contributed by atoms with E-state index in [0.29, 0.717) is 27.7 Å². The van der Waals surface area contributed by atoms with Gasteiger partial charge in [0.25, 0.3) is 0 Å². The number of Topliss-reactive ketones (excluding diaryl/α,β-unsaturated/α-hetero) is 1. The third kappa shape index (κ3) is 3.46. The number of hydrogen-bond donors (Lipinski definition) is 2. The van der Waals surface area contributed by atoms with Crippen molar-refractivity contribution in [2.75, 3.05) is 13.2 Å². The zero-order valence-corrected chi connectivity index (χ0v) is 15.2. The Morgan fingerprint density at radius 3 is 2.56 bits per heavy atom. The maximum Gasteiger partial charge on any atom is 0.359 e. The van der Waals surface area contributed by atoms with Crippen LogP contribution in [0, 0.1) is 13.8 Å². The van der Waals surface area contributed by atoms with Crippen molar-refractivity contribution in [3.63, 3.8) is 0 Å². The van der Waals surface area contributed by atoms with Gasteiger partial charge in [0.2, 0.25) is 5.78 Å². The molecule has 140 valence electrons. The molecule has 0 saturated carbocycles. The lowest BCUT2D eigenvalue weighted by molar-refractivity contribution is 0.0468. The van der Waals surface area contributed by atoms with Crippen LogP contribution in [-0.2, 0) is 9.47 Å². The van der Waals surface area contributed by atoms with Crippen molar-refractivity contribution in [3.05, 3.63) is 52.5 Å². The minimum Gasteiger partial charge on any atom is -0.462 e. The van der Waals surface area contributed by atoms with E-state index in [9.17, 15) is 14.4 Å². The molecule has 0 aliphatic carbocycles. The lowest BCUT2D eigenvalue weighted by Crippen LogP contribution is -2.16. The molecule has 2 aromatic heterocycles. The first-order valence-electron chi connectivity index (χ1n) is 8.43. The highest BCUT2D eigenvalue weighted by Gasteiger charge is 2.24. The number of ketones is 1. The van der Waals surface area contributed by atoms with Gasteiger partial charge in [0.05, 0.1) is 23.4 Å². The summed E-state index contributed by atoms with van der Waals surface area (Å²) in [6.07, 6.45) is 0. The highest BCUT2D eigenvalue weighted by molar-refractivity contribution is 6.05. The maximum atomic E-state index is 12.5. The van der Waals surface area contributed by atoms with Gasteiger partial charge in [-0.15, -0.1) is 0 Å². The first-order valence-corrected chi connectivity index (χ1v) is 8.43. The largest absolute Gasteiger partial charge is 0.462 e. The number of aryl methyl sites for hydroxylation is 1. The molecule has 3 aromatic rings. The molecule has 0 saturated heterocycles. The maximum absolute atomic E-state index is 12.5. The Bertz CT molecular complexity index is 1030. The number of H-pyrrole nitrogens is 2. The fourth-order valence-corrected chi connectivity index (χ4v) is 2.93. The van der Waals surface area contributed by atoms with E-state index >= 15 is 0 Å². The number of carbonyl (C=O) groups excluding carboxylic acids is 3. The molecular formula is C19H19N3O5. The number of para-hydroxylation sites is 1. The van der Waals surface area contributed by atoms with Gasteiger partial charge in [0.15, 0.2) is 12.3 Å². The number of aromatic amines is 2. The van der Waals surface area contributed by atoms with Gasteiger partial charge in [-0.2, -0.15) is 5.10 Å². The number of rotatable bonds is 6. The third-order valence-electron chi connectivity index (χ3n) is 4.19. The quantitative estimate of drug-likeness (QED) is 0.510. The van der Waals surface area contributed by atoms with Crippen molar-refractivity contribution in [2.45, 2.75) is 20.8 Å². The van der Waals surface area contributed by atoms with Crippen LogP contribution in [0.1, 0.15) is 49.5 Å². The number of nitrogens with one attached hydrogen (secondary N) is 2. The van der Waals surface area contributed by atoms with Crippen molar-refractivity contribution in [3.8, 4) is 0 Å². The molecule has 1 aromatic carbocycles. The molecule has 0 radical (unpaired) electrons. The van der Waals surface area contributed by atoms with E-state index in [1.54, 1.807) is 39.0 Å². The van der Waals surface area contributed by atoms with E-state index in [-0.39, 0.29) is 18.0 Å². The topological polar surface area (TPSA) is 114 Å². The van der Waals surface area contributed by atoms with Gasteiger partial charge in [-0.05, 0) is 32.4 Å². The molecule has 0 fully saturated rings. The van der Waals surface area contributed by atoms with Crippen molar-refractivity contribution >= 4 is 28.6 Å². The Morgan fingerprint density at radius 2 is 1.81 bits per heavy atom. The first-order chi connectivity index (χ1) is 12.9. The molecule has 2 heterocycles. The zero-order valence-electron chi connectivity index (χ0n) is 15.2. The van der Waals surface area contributed by atoms with Crippen LogP contribution in [0.25, 0.3) is 10.9 Å². The highest BCUT2D eigenvalue weighted by Crippen LogP contribution is 2.20. The Hall–Kier alpha value is -3.42. The fraction of sp³-hybridized carbons (Fsp3) is 0.263. The third-order valence-corrected chi connectivity index (χ3v) is 4.19. The Labute approximate surface area is 154 Å². The molecular weight excluding hydrogens is 350 g/mol. The second kappa shape index (κ2) is 7.45. The normalized spacial score (nSPS) is 10.8. The van der Waals surface area contributed by atoms with E-state index in [1.807, 2.05) is 6.07 Å². The smallest absolute Gasteiger partial charge is 0.359 e. The number of benzene rings is 1. The van der Waals surface area contributed by atoms with Crippen molar-refractivity contribution in [1.82, 2.24) is 15.2 Å². The average Bonchev–Trinajstić information content (AvgIpc) is 3.20. The Morgan fingerprint density at radius 1 is 1.07 bits per heavy atom. The minimum absolute atomic E-state index is 0.116. The van der Waals surface area contributed by atoms with Crippen LogP contribution in [0.4, 0.5) is 0 Å². The van der Waals surface area contributed by atoms with Crippen LogP contribution in [0.3, 0.4) is 0 Å². The summed E-state index contributed by atoms with van der Waals surface area (Å²) in [6, 6.07) is 7.12. The fourth-order valence-electron chi connectivity index (χ4n) is 2.93. The Balaban J connectivity index is 1.74. The van der Waals surface area contributed by atoms with E-state index in [0.717, 1.165) is 0 Å². The molecule has 0 bridgehead atoms. The predicted octanol–water partition coefficient (Wildman–Crippen LogP) is 2.72. The predicted molar refractivity (Wildman–Crippen MR) is 96.9 cm³/mol. The van der Waals surface area contributed by atoms with Gasteiger partial charge in [0.1, 0.15) is 0 Å². The molecule has 0 unspecified atom stereocenters. The molecule has 2 N–H and O–H groups in total. The summed E-state index contributed by atoms with van der Waals surface area (Å²) in [4.78, 5) is 39.6. The average molecular weight is 369 g/mol. The number of nitrogens with zero attached hydrogens (tertiary/aromatic N) is 1.